The molecule has 1 N–H and O–H groups in total. The average Bonchev–Trinajstić information content (AvgIpc) is 2.40. The maximum atomic E-state index is 13.8. The van der Waals surface area contributed by atoms with E-state index in [2.05, 4.69) is 0 Å². The second-order valence-electron chi connectivity index (χ2n) is 4.51. The molecule has 0 aromatic heterocycles. The van der Waals surface area contributed by atoms with Crippen LogP contribution in [0.5, 0.6) is 0 Å². The summed E-state index contributed by atoms with van der Waals surface area (Å²) in [5.74, 6) is -0.537. The highest BCUT2D eigenvalue weighted by molar-refractivity contribution is 5.69. The quantitative estimate of drug-likeness (QED) is 0.815. The number of hydrogen-bond acceptors (Lipinski definition) is 1. The highest BCUT2D eigenvalue weighted by Gasteiger charge is 2.31. The van der Waals surface area contributed by atoms with Crippen LogP contribution in [0.25, 0.3) is 11.1 Å². The van der Waals surface area contributed by atoms with E-state index in [1.807, 2.05) is 0 Å². The Balaban J connectivity index is 2.60. The molecule has 0 bridgehead atoms. The molecule has 0 aliphatic rings. The van der Waals surface area contributed by atoms with Crippen LogP contribution in [0, 0.1) is 12.7 Å². The number of aliphatic hydroxyl groups excluding tert-OH is 1. The zero-order valence-electron chi connectivity index (χ0n) is 10.6. The Morgan fingerprint density at radius 1 is 1.00 bits per heavy atom. The van der Waals surface area contributed by atoms with Crippen molar-refractivity contribution in [3.63, 3.8) is 0 Å². The van der Waals surface area contributed by atoms with E-state index >= 15 is 0 Å². The van der Waals surface area contributed by atoms with Crippen molar-refractivity contribution >= 4 is 0 Å². The van der Waals surface area contributed by atoms with Crippen LogP contribution in [-0.2, 0) is 12.8 Å². The molecule has 2 aromatic rings. The Morgan fingerprint density at radius 2 is 1.70 bits per heavy atom. The van der Waals surface area contributed by atoms with Crippen LogP contribution < -0.4 is 0 Å². The van der Waals surface area contributed by atoms with Crippen LogP contribution in [0.1, 0.15) is 16.7 Å². The van der Waals surface area contributed by atoms with Gasteiger partial charge in [-0.15, -0.1) is 0 Å². The average molecular weight is 284 g/mol. The number of aliphatic hydroxyl groups is 1. The lowest BCUT2D eigenvalue weighted by Gasteiger charge is -2.13. The molecule has 2 aromatic carbocycles. The minimum Gasteiger partial charge on any atom is -0.392 e. The molecular formula is C15H12F4O. The molecule has 0 saturated heterocycles. The fourth-order valence-electron chi connectivity index (χ4n) is 2.01. The van der Waals surface area contributed by atoms with Crippen LogP contribution in [0.2, 0.25) is 0 Å². The van der Waals surface area contributed by atoms with Crippen molar-refractivity contribution in [3.8, 4) is 11.1 Å². The first kappa shape index (κ1) is 14.5. The van der Waals surface area contributed by atoms with Crippen molar-refractivity contribution in [3.05, 3.63) is 58.9 Å². The Kier molecular flexibility index (Phi) is 3.81. The summed E-state index contributed by atoms with van der Waals surface area (Å²) in [4.78, 5) is 0. The maximum absolute atomic E-state index is 13.8. The summed E-state index contributed by atoms with van der Waals surface area (Å²) in [7, 11) is 0. The fraction of sp³-hybridized carbons (Fsp3) is 0.200. The van der Waals surface area contributed by atoms with E-state index in [-0.39, 0.29) is 16.7 Å². The summed E-state index contributed by atoms with van der Waals surface area (Å²) in [6.07, 6.45) is -4.49. The van der Waals surface area contributed by atoms with E-state index in [9.17, 15) is 22.7 Å². The molecule has 0 unspecified atom stereocenters. The third-order valence-electron chi connectivity index (χ3n) is 3.01. The summed E-state index contributed by atoms with van der Waals surface area (Å²) in [5, 5.41) is 9.24. The lowest BCUT2D eigenvalue weighted by Crippen LogP contribution is -2.06. The lowest BCUT2D eigenvalue weighted by molar-refractivity contribution is -0.137. The van der Waals surface area contributed by atoms with Crippen LogP contribution in [0.15, 0.2) is 36.4 Å². The first-order chi connectivity index (χ1) is 9.32. The minimum absolute atomic E-state index is 0.0457. The Morgan fingerprint density at radius 3 is 2.30 bits per heavy atom. The van der Waals surface area contributed by atoms with E-state index in [4.69, 9.17) is 0 Å². The number of halogens is 4. The molecule has 0 spiro atoms. The Bertz CT molecular complexity index is 632. The maximum Gasteiger partial charge on any atom is 0.416 e. The van der Waals surface area contributed by atoms with Gasteiger partial charge in [0.1, 0.15) is 5.82 Å². The van der Waals surface area contributed by atoms with Gasteiger partial charge >= 0.3 is 6.18 Å². The molecule has 0 radical (unpaired) electrons. The second kappa shape index (κ2) is 5.25. The molecule has 0 aliphatic carbocycles. The van der Waals surface area contributed by atoms with Gasteiger partial charge in [-0.25, -0.2) is 4.39 Å². The molecule has 0 heterocycles. The van der Waals surface area contributed by atoms with E-state index in [1.165, 1.54) is 18.2 Å². The van der Waals surface area contributed by atoms with Crippen LogP contribution in [-0.4, -0.2) is 5.11 Å². The zero-order valence-corrected chi connectivity index (χ0v) is 10.6. The Labute approximate surface area is 113 Å². The number of rotatable bonds is 2. The second-order valence-corrected chi connectivity index (χ2v) is 4.51. The number of alkyl halides is 3. The Hall–Kier alpha value is -1.88. The van der Waals surface area contributed by atoms with E-state index < -0.39 is 24.2 Å². The van der Waals surface area contributed by atoms with E-state index in [0.717, 1.165) is 17.7 Å². The molecule has 0 saturated carbocycles. The van der Waals surface area contributed by atoms with Crippen molar-refractivity contribution in [1.82, 2.24) is 0 Å². The molecule has 2 rings (SSSR count). The van der Waals surface area contributed by atoms with Crippen molar-refractivity contribution in [2.75, 3.05) is 0 Å². The first-order valence-corrected chi connectivity index (χ1v) is 5.90. The molecular weight excluding hydrogens is 272 g/mol. The summed E-state index contributed by atoms with van der Waals surface area (Å²) in [6.45, 7) is 1.16. The smallest absolute Gasteiger partial charge is 0.392 e. The standard InChI is InChI=1S/C15H12F4O/c1-9-2-5-14(16)13(6-9)12-4-3-11(15(17,18)19)7-10(12)8-20/h2-7,20H,8H2,1H3. The van der Waals surface area contributed by atoms with Gasteiger partial charge in [0, 0.05) is 5.56 Å². The minimum atomic E-state index is -4.49. The van der Waals surface area contributed by atoms with Gasteiger partial charge in [0.25, 0.3) is 0 Å². The number of benzene rings is 2. The van der Waals surface area contributed by atoms with Crippen molar-refractivity contribution in [2.24, 2.45) is 0 Å². The predicted octanol–water partition coefficient (Wildman–Crippen LogP) is 4.31. The normalized spacial score (nSPS) is 11.7. The molecule has 5 heteroatoms. The zero-order chi connectivity index (χ0) is 14.9. The van der Waals surface area contributed by atoms with Gasteiger partial charge in [-0.2, -0.15) is 13.2 Å². The van der Waals surface area contributed by atoms with Gasteiger partial charge in [0.2, 0.25) is 0 Å². The van der Waals surface area contributed by atoms with E-state index in [0.29, 0.717) is 0 Å². The molecule has 20 heavy (non-hydrogen) atoms. The largest absolute Gasteiger partial charge is 0.416 e. The van der Waals surface area contributed by atoms with Gasteiger partial charge in [-0.3, -0.25) is 0 Å². The lowest BCUT2D eigenvalue weighted by atomic mass is 9.96. The van der Waals surface area contributed by atoms with Crippen LogP contribution >= 0.6 is 0 Å². The van der Waals surface area contributed by atoms with Gasteiger partial charge in [0.15, 0.2) is 0 Å². The number of aryl methyl sites for hydroxylation is 1. The van der Waals surface area contributed by atoms with Crippen molar-refractivity contribution < 1.29 is 22.7 Å². The monoisotopic (exact) mass is 284 g/mol. The third kappa shape index (κ3) is 2.82. The molecule has 0 atom stereocenters. The molecule has 0 amide bonds. The summed E-state index contributed by atoms with van der Waals surface area (Å²) in [5.41, 5.74) is 0.414. The molecule has 106 valence electrons. The molecule has 0 fully saturated rings. The van der Waals surface area contributed by atoms with Gasteiger partial charge in [-0.05, 0) is 42.3 Å². The van der Waals surface area contributed by atoms with E-state index in [1.54, 1.807) is 13.0 Å². The van der Waals surface area contributed by atoms with Gasteiger partial charge in [-0.1, -0.05) is 17.7 Å². The van der Waals surface area contributed by atoms with Crippen LogP contribution in [0.4, 0.5) is 17.6 Å². The summed E-state index contributed by atoms with van der Waals surface area (Å²) < 4.78 is 51.7. The van der Waals surface area contributed by atoms with Crippen molar-refractivity contribution in [2.45, 2.75) is 19.7 Å². The first-order valence-electron chi connectivity index (χ1n) is 5.90. The fourth-order valence-corrected chi connectivity index (χ4v) is 2.01. The van der Waals surface area contributed by atoms with Gasteiger partial charge < -0.3 is 5.11 Å². The van der Waals surface area contributed by atoms with Crippen molar-refractivity contribution in [1.29, 1.82) is 0 Å². The van der Waals surface area contributed by atoms with Gasteiger partial charge in [0.05, 0.1) is 12.2 Å². The molecule has 1 nitrogen and oxygen atoms in total. The molecule has 0 aliphatic heterocycles. The topological polar surface area (TPSA) is 20.2 Å². The van der Waals surface area contributed by atoms with Crippen LogP contribution in [0.3, 0.4) is 0 Å². The third-order valence-corrected chi connectivity index (χ3v) is 3.01. The highest BCUT2D eigenvalue weighted by atomic mass is 19.4. The number of hydrogen-bond donors (Lipinski definition) is 1. The SMILES string of the molecule is Cc1ccc(F)c(-c2ccc(C(F)(F)F)cc2CO)c1. The summed E-state index contributed by atoms with van der Waals surface area (Å²) in [6, 6.07) is 7.28. The summed E-state index contributed by atoms with van der Waals surface area (Å²) >= 11 is 0. The predicted molar refractivity (Wildman–Crippen MR) is 67.5 cm³/mol. The highest BCUT2D eigenvalue weighted by Crippen LogP contribution is 2.34.